The fourth-order valence-corrected chi connectivity index (χ4v) is 1.77. The Bertz CT molecular complexity index is 361. The van der Waals surface area contributed by atoms with Crippen LogP contribution in [0.3, 0.4) is 0 Å². The first-order chi connectivity index (χ1) is 8.56. The van der Waals surface area contributed by atoms with E-state index in [1.165, 1.54) is 5.56 Å². The normalized spacial score (nSPS) is 11.1. The molecular formula is C14H26N4. The van der Waals surface area contributed by atoms with Crippen molar-refractivity contribution in [1.82, 2.24) is 9.97 Å². The molecule has 1 heterocycles. The molecule has 4 heteroatoms. The van der Waals surface area contributed by atoms with Crippen molar-refractivity contribution in [3.8, 4) is 0 Å². The highest BCUT2D eigenvalue weighted by molar-refractivity contribution is 5.58. The molecule has 0 bridgehead atoms. The Hall–Kier alpha value is -1.32. The molecule has 2 N–H and O–H groups in total. The summed E-state index contributed by atoms with van der Waals surface area (Å²) < 4.78 is 0. The Morgan fingerprint density at radius 1 is 1.06 bits per heavy atom. The van der Waals surface area contributed by atoms with E-state index in [1.54, 1.807) is 6.33 Å². The summed E-state index contributed by atoms with van der Waals surface area (Å²) in [6, 6.07) is 0. The highest BCUT2D eigenvalue weighted by Gasteiger charge is 2.14. The van der Waals surface area contributed by atoms with Crippen molar-refractivity contribution in [2.24, 2.45) is 5.92 Å². The minimum absolute atomic E-state index is 0.403. The first-order valence-corrected chi connectivity index (χ1v) is 6.88. The number of hydrogen-bond acceptors (Lipinski definition) is 4. The third-order valence-electron chi connectivity index (χ3n) is 2.68. The summed E-state index contributed by atoms with van der Waals surface area (Å²) >= 11 is 0. The van der Waals surface area contributed by atoms with Gasteiger partial charge in [0.2, 0.25) is 0 Å². The standard InChI is InChI=1S/C14H26N4/c1-6-7-15-13-12(11(4)5)14(18-9-17-13)16-8-10(2)3/h9-11H,6-8H2,1-5H3,(H2,15,16,17,18). The lowest BCUT2D eigenvalue weighted by atomic mass is 10.0. The minimum Gasteiger partial charge on any atom is -0.370 e. The van der Waals surface area contributed by atoms with Crippen molar-refractivity contribution in [2.45, 2.75) is 47.0 Å². The predicted molar refractivity (Wildman–Crippen MR) is 78.2 cm³/mol. The maximum absolute atomic E-state index is 4.38. The van der Waals surface area contributed by atoms with E-state index in [0.717, 1.165) is 31.1 Å². The van der Waals surface area contributed by atoms with Crippen LogP contribution >= 0.6 is 0 Å². The largest absolute Gasteiger partial charge is 0.370 e. The van der Waals surface area contributed by atoms with Crippen LogP contribution in [0.1, 0.15) is 52.5 Å². The van der Waals surface area contributed by atoms with Gasteiger partial charge < -0.3 is 10.6 Å². The van der Waals surface area contributed by atoms with Gasteiger partial charge in [-0.25, -0.2) is 9.97 Å². The summed E-state index contributed by atoms with van der Waals surface area (Å²) in [5.41, 5.74) is 1.19. The molecule has 0 saturated carbocycles. The molecule has 0 radical (unpaired) electrons. The van der Waals surface area contributed by atoms with Crippen LogP contribution in [0, 0.1) is 5.92 Å². The van der Waals surface area contributed by atoms with E-state index in [4.69, 9.17) is 0 Å². The number of rotatable bonds is 7. The zero-order valence-electron chi connectivity index (χ0n) is 12.2. The lowest BCUT2D eigenvalue weighted by Crippen LogP contribution is -2.14. The fourth-order valence-electron chi connectivity index (χ4n) is 1.77. The lowest BCUT2D eigenvalue weighted by molar-refractivity contribution is 0.684. The Balaban J connectivity index is 2.93. The molecule has 0 aliphatic heterocycles. The van der Waals surface area contributed by atoms with Gasteiger partial charge in [0, 0.05) is 18.7 Å². The molecule has 0 spiro atoms. The molecular weight excluding hydrogens is 224 g/mol. The fraction of sp³-hybridized carbons (Fsp3) is 0.714. The monoisotopic (exact) mass is 250 g/mol. The van der Waals surface area contributed by atoms with Crippen molar-refractivity contribution in [3.63, 3.8) is 0 Å². The molecule has 0 atom stereocenters. The molecule has 0 aromatic carbocycles. The Morgan fingerprint density at radius 2 is 1.67 bits per heavy atom. The van der Waals surface area contributed by atoms with Crippen LogP contribution in [0.2, 0.25) is 0 Å². The van der Waals surface area contributed by atoms with Gasteiger partial charge in [0.1, 0.15) is 18.0 Å². The van der Waals surface area contributed by atoms with Crippen LogP contribution in [0.15, 0.2) is 6.33 Å². The molecule has 102 valence electrons. The molecule has 0 fully saturated rings. The first kappa shape index (κ1) is 14.7. The van der Waals surface area contributed by atoms with Gasteiger partial charge >= 0.3 is 0 Å². The topological polar surface area (TPSA) is 49.8 Å². The highest BCUT2D eigenvalue weighted by atomic mass is 15.1. The van der Waals surface area contributed by atoms with Crippen LogP contribution in [-0.4, -0.2) is 23.1 Å². The second-order valence-corrected chi connectivity index (χ2v) is 5.34. The van der Waals surface area contributed by atoms with Gasteiger partial charge in [0.15, 0.2) is 0 Å². The smallest absolute Gasteiger partial charge is 0.134 e. The van der Waals surface area contributed by atoms with E-state index in [-0.39, 0.29) is 0 Å². The zero-order valence-corrected chi connectivity index (χ0v) is 12.2. The van der Waals surface area contributed by atoms with Crippen molar-refractivity contribution in [1.29, 1.82) is 0 Å². The van der Waals surface area contributed by atoms with E-state index in [2.05, 4.69) is 55.2 Å². The number of nitrogens with one attached hydrogen (secondary N) is 2. The molecule has 0 unspecified atom stereocenters. The summed E-state index contributed by atoms with van der Waals surface area (Å²) in [5.74, 6) is 2.94. The van der Waals surface area contributed by atoms with Gasteiger partial charge in [-0.15, -0.1) is 0 Å². The second-order valence-electron chi connectivity index (χ2n) is 5.34. The molecule has 1 aromatic rings. The van der Waals surface area contributed by atoms with E-state index >= 15 is 0 Å². The van der Waals surface area contributed by atoms with Crippen molar-refractivity contribution in [2.75, 3.05) is 23.7 Å². The predicted octanol–water partition coefficient (Wildman–Crippen LogP) is 3.49. The van der Waals surface area contributed by atoms with Crippen LogP contribution in [0.4, 0.5) is 11.6 Å². The Labute approximate surface area is 111 Å². The van der Waals surface area contributed by atoms with Crippen LogP contribution in [-0.2, 0) is 0 Å². The summed E-state index contributed by atoms with van der Waals surface area (Å²) in [4.78, 5) is 8.74. The number of aromatic nitrogens is 2. The molecule has 0 aliphatic rings. The third-order valence-corrected chi connectivity index (χ3v) is 2.68. The number of hydrogen-bond donors (Lipinski definition) is 2. The molecule has 0 aliphatic carbocycles. The quantitative estimate of drug-likeness (QED) is 0.777. The molecule has 0 saturated heterocycles. The van der Waals surface area contributed by atoms with Crippen molar-refractivity contribution < 1.29 is 0 Å². The van der Waals surface area contributed by atoms with Crippen molar-refractivity contribution >= 4 is 11.6 Å². The second kappa shape index (κ2) is 7.19. The summed E-state index contributed by atoms with van der Waals surface area (Å²) in [5, 5.41) is 6.80. The highest BCUT2D eigenvalue weighted by Crippen LogP contribution is 2.28. The van der Waals surface area contributed by atoms with E-state index < -0.39 is 0 Å². The third kappa shape index (κ3) is 4.17. The maximum Gasteiger partial charge on any atom is 0.134 e. The lowest BCUT2D eigenvalue weighted by Gasteiger charge is -2.18. The first-order valence-electron chi connectivity index (χ1n) is 6.88. The van der Waals surface area contributed by atoms with Gasteiger partial charge in [-0.05, 0) is 18.3 Å². The van der Waals surface area contributed by atoms with Gasteiger partial charge in [-0.2, -0.15) is 0 Å². The van der Waals surface area contributed by atoms with Crippen LogP contribution in [0.5, 0.6) is 0 Å². The van der Waals surface area contributed by atoms with E-state index in [9.17, 15) is 0 Å². The molecule has 4 nitrogen and oxygen atoms in total. The summed E-state index contributed by atoms with van der Waals surface area (Å²) in [6.07, 6.45) is 2.73. The minimum atomic E-state index is 0.403. The zero-order chi connectivity index (χ0) is 13.5. The maximum atomic E-state index is 4.38. The van der Waals surface area contributed by atoms with E-state index in [1.807, 2.05) is 0 Å². The molecule has 1 rings (SSSR count). The number of nitrogens with zero attached hydrogens (tertiary/aromatic N) is 2. The molecule has 0 amide bonds. The van der Waals surface area contributed by atoms with Crippen molar-refractivity contribution in [3.05, 3.63) is 11.9 Å². The van der Waals surface area contributed by atoms with Gasteiger partial charge in [-0.1, -0.05) is 34.6 Å². The molecule has 18 heavy (non-hydrogen) atoms. The molecule has 1 aromatic heterocycles. The van der Waals surface area contributed by atoms with Gasteiger partial charge in [0.05, 0.1) is 0 Å². The van der Waals surface area contributed by atoms with Gasteiger partial charge in [0.25, 0.3) is 0 Å². The SMILES string of the molecule is CCCNc1ncnc(NCC(C)C)c1C(C)C. The Kier molecular flexibility index (Phi) is 5.89. The van der Waals surface area contributed by atoms with Crippen LogP contribution in [0.25, 0.3) is 0 Å². The van der Waals surface area contributed by atoms with Gasteiger partial charge in [-0.3, -0.25) is 0 Å². The Morgan fingerprint density at radius 3 is 2.17 bits per heavy atom. The van der Waals surface area contributed by atoms with Crippen LogP contribution < -0.4 is 10.6 Å². The number of anilines is 2. The average Bonchev–Trinajstić information content (AvgIpc) is 2.33. The summed E-state index contributed by atoms with van der Waals surface area (Å²) in [6.45, 7) is 12.8. The average molecular weight is 250 g/mol. The summed E-state index contributed by atoms with van der Waals surface area (Å²) in [7, 11) is 0. The van der Waals surface area contributed by atoms with E-state index in [0.29, 0.717) is 11.8 Å².